The summed E-state index contributed by atoms with van der Waals surface area (Å²) in [4.78, 5) is 3.72. The SMILES string of the molecule is CCn1nc(-c2cncc(C(F)(F)F)c2)cc1C1C2CC(O)CC21. The summed E-state index contributed by atoms with van der Waals surface area (Å²) in [7, 11) is 0. The Labute approximate surface area is 137 Å². The van der Waals surface area contributed by atoms with E-state index in [1.54, 1.807) is 0 Å². The third kappa shape index (κ3) is 2.51. The number of nitrogens with zero attached hydrogens (tertiary/aromatic N) is 3. The molecule has 0 aliphatic heterocycles. The van der Waals surface area contributed by atoms with E-state index in [1.165, 1.54) is 6.20 Å². The molecule has 1 N–H and O–H groups in total. The summed E-state index contributed by atoms with van der Waals surface area (Å²) in [5.74, 6) is 1.33. The molecule has 0 bridgehead atoms. The van der Waals surface area contributed by atoms with Crippen molar-refractivity contribution in [2.45, 2.75) is 44.5 Å². The number of rotatable bonds is 3. The fraction of sp³-hybridized carbons (Fsp3) is 0.529. The summed E-state index contributed by atoms with van der Waals surface area (Å²) in [5, 5.41) is 14.2. The highest BCUT2D eigenvalue weighted by Crippen LogP contribution is 2.63. The van der Waals surface area contributed by atoms with Crippen molar-refractivity contribution < 1.29 is 18.3 Å². The second-order valence-corrected chi connectivity index (χ2v) is 6.71. The Hall–Kier alpha value is -1.89. The largest absolute Gasteiger partial charge is 0.417 e. The standard InChI is InChI=1S/C17H18F3N3O/c1-2-23-15(16-12-4-11(24)5-13(12)16)6-14(22-23)9-3-10(8-21-7-9)17(18,19)20/h3,6-8,11-13,16,24H,2,4-5H2,1H3. The number of aromatic nitrogens is 3. The lowest BCUT2D eigenvalue weighted by Gasteiger charge is -2.09. The van der Waals surface area contributed by atoms with Gasteiger partial charge in [0.15, 0.2) is 0 Å². The van der Waals surface area contributed by atoms with Crippen LogP contribution in [0, 0.1) is 11.8 Å². The summed E-state index contributed by atoms with van der Waals surface area (Å²) in [5.41, 5.74) is 1.20. The van der Waals surface area contributed by atoms with E-state index in [-0.39, 0.29) is 6.10 Å². The maximum Gasteiger partial charge on any atom is 0.417 e. The number of pyridine rings is 1. The normalized spacial score (nSPS) is 28.9. The molecule has 2 aromatic rings. The van der Waals surface area contributed by atoms with Crippen LogP contribution in [0.5, 0.6) is 0 Å². The minimum Gasteiger partial charge on any atom is -0.393 e. The van der Waals surface area contributed by atoms with Crippen molar-refractivity contribution in [1.82, 2.24) is 14.8 Å². The summed E-state index contributed by atoms with van der Waals surface area (Å²) < 4.78 is 40.5. The van der Waals surface area contributed by atoms with Gasteiger partial charge in [0.1, 0.15) is 0 Å². The van der Waals surface area contributed by atoms with Crippen LogP contribution in [-0.2, 0) is 12.7 Å². The third-order valence-corrected chi connectivity index (χ3v) is 5.23. The zero-order valence-corrected chi connectivity index (χ0v) is 13.2. The Morgan fingerprint density at radius 1 is 1.21 bits per heavy atom. The molecular formula is C17H18F3N3O. The summed E-state index contributed by atoms with van der Waals surface area (Å²) in [6.45, 7) is 2.64. The molecule has 0 aromatic carbocycles. The van der Waals surface area contributed by atoms with Gasteiger partial charge < -0.3 is 5.11 Å². The molecule has 4 nitrogen and oxygen atoms in total. The van der Waals surface area contributed by atoms with E-state index >= 15 is 0 Å². The molecule has 128 valence electrons. The molecule has 2 aromatic heterocycles. The third-order valence-electron chi connectivity index (χ3n) is 5.23. The van der Waals surface area contributed by atoms with Crippen molar-refractivity contribution in [3.05, 3.63) is 35.8 Å². The lowest BCUT2D eigenvalue weighted by Crippen LogP contribution is -2.08. The Balaban J connectivity index is 1.66. The quantitative estimate of drug-likeness (QED) is 0.933. The fourth-order valence-corrected chi connectivity index (χ4v) is 4.08. The van der Waals surface area contributed by atoms with Gasteiger partial charge in [0, 0.05) is 36.1 Å². The van der Waals surface area contributed by atoms with E-state index in [2.05, 4.69) is 10.1 Å². The van der Waals surface area contributed by atoms with Gasteiger partial charge in [0.25, 0.3) is 0 Å². The highest BCUT2D eigenvalue weighted by atomic mass is 19.4. The van der Waals surface area contributed by atoms with Crippen molar-refractivity contribution >= 4 is 0 Å². The Bertz CT molecular complexity index is 759. The number of halogens is 3. The highest BCUT2D eigenvalue weighted by molar-refractivity contribution is 5.60. The molecule has 0 saturated heterocycles. The van der Waals surface area contributed by atoms with E-state index in [4.69, 9.17) is 0 Å². The Morgan fingerprint density at radius 2 is 1.92 bits per heavy atom. The van der Waals surface area contributed by atoms with Crippen LogP contribution in [0.1, 0.15) is 36.9 Å². The van der Waals surface area contributed by atoms with E-state index in [1.807, 2.05) is 17.7 Å². The van der Waals surface area contributed by atoms with Gasteiger partial charge in [-0.2, -0.15) is 18.3 Å². The van der Waals surface area contributed by atoms with Crippen molar-refractivity contribution in [3.8, 4) is 11.3 Å². The van der Waals surface area contributed by atoms with Crippen LogP contribution in [0.4, 0.5) is 13.2 Å². The first-order valence-corrected chi connectivity index (χ1v) is 8.17. The average molecular weight is 337 g/mol. The van der Waals surface area contributed by atoms with Crippen molar-refractivity contribution in [1.29, 1.82) is 0 Å². The molecule has 7 heteroatoms. The second kappa shape index (κ2) is 5.31. The van der Waals surface area contributed by atoms with Crippen LogP contribution < -0.4 is 0 Å². The summed E-state index contributed by atoms with van der Waals surface area (Å²) >= 11 is 0. The van der Waals surface area contributed by atoms with Crippen LogP contribution in [0.15, 0.2) is 24.5 Å². The average Bonchev–Trinajstić information content (AvgIpc) is 2.89. The lowest BCUT2D eigenvalue weighted by molar-refractivity contribution is -0.137. The maximum absolute atomic E-state index is 12.9. The number of alkyl halides is 3. The molecule has 2 aliphatic carbocycles. The van der Waals surface area contributed by atoms with Crippen molar-refractivity contribution in [2.75, 3.05) is 0 Å². The van der Waals surface area contributed by atoms with Gasteiger partial charge in [-0.15, -0.1) is 0 Å². The number of aliphatic hydroxyl groups is 1. The van der Waals surface area contributed by atoms with Gasteiger partial charge in [0.05, 0.1) is 17.4 Å². The monoisotopic (exact) mass is 337 g/mol. The predicted octanol–water partition coefficient (Wildman–Crippen LogP) is 3.47. The molecule has 2 aliphatic rings. The van der Waals surface area contributed by atoms with E-state index in [0.717, 1.165) is 30.8 Å². The van der Waals surface area contributed by atoms with Gasteiger partial charge in [-0.25, -0.2) is 0 Å². The lowest BCUT2D eigenvalue weighted by atomic mass is 10.1. The molecule has 2 unspecified atom stereocenters. The van der Waals surface area contributed by atoms with Crippen LogP contribution in [-0.4, -0.2) is 26.0 Å². The molecule has 2 saturated carbocycles. The minimum atomic E-state index is -4.41. The predicted molar refractivity (Wildman–Crippen MR) is 81.1 cm³/mol. The van der Waals surface area contributed by atoms with E-state index in [0.29, 0.717) is 35.6 Å². The molecule has 24 heavy (non-hydrogen) atoms. The Kier molecular flexibility index (Phi) is 3.46. The first-order valence-electron chi connectivity index (χ1n) is 8.17. The zero-order chi connectivity index (χ0) is 17.1. The van der Waals surface area contributed by atoms with E-state index in [9.17, 15) is 18.3 Å². The summed E-state index contributed by atoms with van der Waals surface area (Å²) in [6.07, 6.45) is -0.758. The molecule has 0 amide bonds. The highest BCUT2D eigenvalue weighted by Gasteiger charge is 2.57. The number of hydrogen-bond acceptors (Lipinski definition) is 3. The van der Waals surface area contributed by atoms with E-state index < -0.39 is 11.7 Å². The van der Waals surface area contributed by atoms with Gasteiger partial charge in [-0.05, 0) is 43.7 Å². The van der Waals surface area contributed by atoms with Crippen molar-refractivity contribution in [3.63, 3.8) is 0 Å². The minimum absolute atomic E-state index is 0.207. The molecule has 0 radical (unpaired) electrons. The summed E-state index contributed by atoms with van der Waals surface area (Å²) in [6, 6.07) is 2.98. The van der Waals surface area contributed by atoms with Gasteiger partial charge in [-0.1, -0.05) is 0 Å². The fourth-order valence-electron chi connectivity index (χ4n) is 4.08. The first-order chi connectivity index (χ1) is 11.4. The number of aryl methyl sites for hydroxylation is 1. The molecular weight excluding hydrogens is 319 g/mol. The maximum atomic E-state index is 12.9. The molecule has 2 heterocycles. The van der Waals surface area contributed by atoms with Crippen LogP contribution >= 0.6 is 0 Å². The van der Waals surface area contributed by atoms with Gasteiger partial charge >= 0.3 is 6.18 Å². The number of fused-ring (bicyclic) bond motifs is 1. The smallest absolute Gasteiger partial charge is 0.393 e. The first kappa shape index (κ1) is 15.6. The number of hydrogen-bond donors (Lipinski definition) is 1. The zero-order valence-electron chi connectivity index (χ0n) is 13.2. The van der Waals surface area contributed by atoms with Crippen LogP contribution in [0.25, 0.3) is 11.3 Å². The van der Waals surface area contributed by atoms with Gasteiger partial charge in [0.2, 0.25) is 0 Å². The second-order valence-electron chi connectivity index (χ2n) is 6.71. The molecule has 4 rings (SSSR count). The van der Waals surface area contributed by atoms with Crippen LogP contribution in [0.3, 0.4) is 0 Å². The molecule has 0 spiro atoms. The number of aliphatic hydroxyl groups excluding tert-OH is 1. The van der Waals surface area contributed by atoms with Crippen LogP contribution in [0.2, 0.25) is 0 Å². The Morgan fingerprint density at radius 3 is 2.54 bits per heavy atom. The van der Waals surface area contributed by atoms with Gasteiger partial charge in [-0.3, -0.25) is 9.67 Å². The molecule has 2 fully saturated rings. The van der Waals surface area contributed by atoms with Crippen molar-refractivity contribution in [2.24, 2.45) is 11.8 Å². The molecule has 2 atom stereocenters. The topological polar surface area (TPSA) is 50.9 Å².